The van der Waals surface area contributed by atoms with Crippen molar-refractivity contribution >= 4 is 5.97 Å². The summed E-state index contributed by atoms with van der Waals surface area (Å²) in [6.07, 6.45) is 0.712. The van der Waals surface area contributed by atoms with Crippen molar-refractivity contribution in [3.05, 3.63) is 29.1 Å². The minimum atomic E-state index is -0.895. The smallest absolute Gasteiger partial charge is 0.337 e. The zero-order valence-electron chi connectivity index (χ0n) is 8.74. The molecule has 0 fully saturated rings. The van der Waals surface area contributed by atoms with Gasteiger partial charge in [-0.1, -0.05) is 13.8 Å². The summed E-state index contributed by atoms with van der Waals surface area (Å²) in [5.74, 6) is -0.476. The lowest BCUT2D eigenvalue weighted by Gasteiger charge is -2.08. The molecule has 0 amide bonds. The van der Waals surface area contributed by atoms with Gasteiger partial charge in [0, 0.05) is 5.69 Å². The predicted molar refractivity (Wildman–Crippen MR) is 54.5 cm³/mol. The highest BCUT2D eigenvalue weighted by Gasteiger charge is 2.12. The molecule has 0 saturated heterocycles. The van der Waals surface area contributed by atoms with E-state index in [2.05, 4.69) is 18.8 Å². The molecule has 0 aliphatic carbocycles. The topological polar surface area (TPSA) is 50.2 Å². The van der Waals surface area contributed by atoms with Gasteiger partial charge in [-0.25, -0.2) is 4.79 Å². The molecule has 0 bridgehead atoms. The van der Waals surface area contributed by atoms with Crippen LogP contribution in [0, 0.1) is 12.8 Å². The molecule has 0 unspecified atom stereocenters. The number of aryl methyl sites for hydroxylation is 1. The Morgan fingerprint density at radius 2 is 2.14 bits per heavy atom. The van der Waals surface area contributed by atoms with Crippen molar-refractivity contribution in [3.8, 4) is 0 Å². The average Bonchev–Trinajstić information content (AvgIpc) is 2.01. The molecule has 1 heterocycles. The first-order chi connectivity index (χ1) is 6.50. The average molecular weight is 193 g/mol. The van der Waals surface area contributed by atoms with Crippen LogP contribution in [0.5, 0.6) is 0 Å². The second-order valence-electron chi connectivity index (χ2n) is 3.85. The normalized spacial score (nSPS) is 10.6. The molecule has 0 aliphatic rings. The van der Waals surface area contributed by atoms with Crippen LogP contribution < -0.4 is 0 Å². The van der Waals surface area contributed by atoms with Crippen LogP contribution in [-0.2, 0) is 6.42 Å². The van der Waals surface area contributed by atoms with Gasteiger partial charge in [-0.15, -0.1) is 0 Å². The van der Waals surface area contributed by atoms with Gasteiger partial charge in [-0.3, -0.25) is 4.98 Å². The lowest BCUT2D eigenvalue weighted by atomic mass is 10.0. The van der Waals surface area contributed by atoms with E-state index in [1.807, 2.05) is 6.92 Å². The fraction of sp³-hybridized carbons (Fsp3) is 0.455. The first kappa shape index (κ1) is 10.7. The van der Waals surface area contributed by atoms with Gasteiger partial charge in [0.1, 0.15) is 0 Å². The third kappa shape index (κ3) is 2.55. The summed E-state index contributed by atoms with van der Waals surface area (Å²) in [7, 11) is 0. The van der Waals surface area contributed by atoms with Crippen molar-refractivity contribution in [2.75, 3.05) is 0 Å². The molecule has 0 saturated carbocycles. The first-order valence-corrected chi connectivity index (χ1v) is 4.70. The third-order valence-electron chi connectivity index (χ3n) is 1.95. The number of aromatic nitrogens is 1. The number of pyridine rings is 1. The summed E-state index contributed by atoms with van der Waals surface area (Å²) in [6.45, 7) is 5.97. The molecule has 1 N–H and O–H groups in total. The largest absolute Gasteiger partial charge is 0.478 e. The number of carboxylic acids is 1. The van der Waals surface area contributed by atoms with Gasteiger partial charge in [0.05, 0.1) is 11.3 Å². The minimum Gasteiger partial charge on any atom is -0.478 e. The van der Waals surface area contributed by atoms with Crippen molar-refractivity contribution in [1.29, 1.82) is 0 Å². The highest BCUT2D eigenvalue weighted by Crippen LogP contribution is 2.12. The monoisotopic (exact) mass is 193 g/mol. The van der Waals surface area contributed by atoms with Crippen molar-refractivity contribution in [2.45, 2.75) is 27.2 Å². The molecule has 1 aromatic heterocycles. The van der Waals surface area contributed by atoms with E-state index in [1.54, 1.807) is 12.1 Å². The molecule has 0 radical (unpaired) electrons. The van der Waals surface area contributed by atoms with E-state index in [-0.39, 0.29) is 0 Å². The molecule has 0 atom stereocenters. The Balaban J connectivity index is 3.09. The van der Waals surface area contributed by atoms with Crippen LogP contribution in [0.1, 0.15) is 35.6 Å². The first-order valence-electron chi connectivity index (χ1n) is 4.70. The van der Waals surface area contributed by atoms with E-state index >= 15 is 0 Å². The van der Waals surface area contributed by atoms with Gasteiger partial charge in [-0.2, -0.15) is 0 Å². The highest BCUT2D eigenvalue weighted by molar-refractivity contribution is 5.88. The highest BCUT2D eigenvalue weighted by atomic mass is 16.4. The van der Waals surface area contributed by atoms with Crippen LogP contribution in [0.4, 0.5) is 0 Å². The van der Waals surface area contributed by atoms with Gasteiger partial charge < -0.3 is 5.11 Å². The van der Waals surface area contributed by atoms with Gasteiger partial charge >= 0.3 is 5.97 Å². The van der Waals surface area contributed by atoms with E-state index in [1.165, 1.54) is 0 Å². The van der Waals surface area contributed by atoms with Gasteiger partial charge in [0.25, 0.3) is 0 Å². The second-order valence-corrected chi connectivity index (χ2v) is 3.85. The third-order valence-corrected chi connectivity index (χ3v) is 1.95. The number of hydrogen-bond acceptors (Lipinski definition) is 2. The zero-order chi connectivity index (χ0) is 10.7. The molecule has 3 nitrogen and oxygen atoms in total. The van der Waals surface area contributed by atoms with Crippen LogP contribution in [0.25, 0.3) is 0 Å². The summed E-state index contributed by atoms with van der Waals surface area (Å²) in [4.78, 5) is 15.1. The minimum absolute atomic E-state index is 0.323. The second kappa shape index (κ2) is 4.22. The zero-order valence-corrected chi connectivity index (χ0v) is 8.74. The summed E-state index contributed by atoms with van der Waals surface area (Å²) in [5.41, 5.74) is 1.88. The number of carbonyl (C=O) groups is 1. The van der Waals surface area contributed by atoms with Crippen LogP contribution in [0.2, 0.25) is 0 Å². The van der Waals surface area contributed by atoms with Crippen molar-refractivity contribution in [3.63, 3.8) is 0 Å². The van der Waals surface area contributed by atoms with Crippen LogP contribution in [0.15, 0.2) is 12.1 Å². The molecular formula is C11H15NO2. The Kier molecular flexibility index (Phi) is 3.23. The van der Waals surface area contributed by atoms with E-state index in [0.717, 1.165) is 5.69 Å². The molecule has 0 aromatic carbocycles. The van der Waals surface area contributed by atoms with Crippen molar-refractivity contribution < 1.29 is 9.90 Å². The fourth-order valence-corrected chi connectivity index (χ4v) is 1.35. The molecule has 76 valence electrons. The number of carboxylic acid groups (broad SMARTS) is 1. The van der Waals surface area contributed by atoms with E-state index in [0.29, 0.717) is 23.6 Å². The van der Waals surface area contributed by atoms with E-state index in [9.17, 15) is 4.79 Å². The van der Waals surface area contributed by atoms with Gasteiger partial charge in [0.15, 0.2) is 0 Å². The summed E-state index contributed by atoms with van der Waals surface area (Å²) >= 11 is 0. The number of nitrogens with zero attached hydrogens (tertiary/aromatic N) is 1. The molecule has 14 heavy (non-hydrogen) atoms. The number of rotatable bonds is 3. The lowest BCUT2D eigenvalue weighted by molar-refractivity contribution is 0.0695. The summed E-state index contributed by atoms with van der Waals surface area (Å²) in [5, 5.41) is 8.93. The Morgan fingerprint density at radius 3 is 2.64 bits per heavy atom. The van der Waals surface area contributed by atoms with Gasteiger partial charge in [-0.05, 0) is 31.4 Å². The maximum Gasteiger partial charge on any atom is 0.337 e. The van der Waals surface area contributed by atoms with E-state index < -0.39 is 5.97 Å². The molecule has 1 rings (SSSR count). The van der Waals surface area contributed by atoms with Gasteiger partial charge in [0.2, 0.25) is 0 Å². The standard InChI is InChI=1S/C11H15NO2/c1-7(2)6-10-9(11(13)14)5-4-8(3)12-10/h4-5,7H,6H2,1-3H3,(H,13,14). The van der Waals surface area contributed by atoms with E-state index in [4.69, 9.17) is 5.11 Å². The molecule has 0 aliphatic heterocycles. The SMILES string of the molecule is Cc1ccc(C(=O)O)c(CC(C)C)n1. The Bertz CT molecular complexity index is 345. The number of aromatic carboxylic acids is 1. The maximum atomic E-state index is 10.9. The summed E-state index contributed by atoms with van der Waals surface area (Å²) < 4.78 is 0. The van der Waals surface area contributed by atoms with Crippen LogP contribution in [-0.4, -0.2) is 16.1 Å². The lowest BCUT2D eigenvalue weighted by Crippen LogP contribution is -2.08. The Morgan fingerprint density at radius 1 is 1.50 bits per heavy atom. The van der Waals surface area contributed by atoms with Crippen molar-refractivity contribution in [1.82, 2.24) is 4.98 Å². The van der Waals surface area contributed by atoms with Crippen LogP contribution >= 0.6 is 0 Å². The van der Waals surface area contributed by atoms with Crippen LogP contribution in [0.3, 0.4) is 0 Å². The Hall–Kier alpha value is -1.38. The predicted octanol–water partition coefficient (Wildman–Crippen LogP) is 2.29. The maximum absolute atomic E-state index is 10.9. The molecule has 1 aromatic rings. The molecular weight excluding hydrogens is 178 g/mol. The van der Waals surface area contributed by atoms with Crippen molar-refractivity contribution in [2.24, 2.45) is 5.92 Å². The number of hydrogen-bond donors (Lipinski definition) is 1. The quantitative estimate of drug-likeness (QED) is 0.801. The fourth-order valence-electron chi connectivity index (χ4n) is 1.35. The summed E-state index contributed by atoms with van der Waals surface area (Å²) in [6, 6.07) is 3.36. The molecule has 3 heteroatoms. The molecule has 0 spiro atoms. The Labute approximate surface area is 83.8 Å².